The lowest BCUT2D eigenvalue weighted by atomic mass is 9.73. The SMILES string of the molecule is CCOc1ccc(NC(=O)C2(c3ccc(C)cc3)CCOCC2)cc1C#N. The Balaban J connectivity index is 1.89. The Hall–Kier alpha value is -2.84. The Morgan fingerprint density at radius 3 is 2.56 bits per heavy atom. The van der Waals surface area contributed by atoms with Crippen molar-refractivity contribution in [3.63, 3.8) is 0 Å². The third-order valence-corrected chi connectivity index (χ3v) is 5.04. The first-order valence-electron chi connectivity index (χ1n) is 9.22. The minimum absolute atomic E-state index is 0.0669. The Bertz CT molecular complexity index is 847. The molecule has 140 valence electrons. The second-order valence-corrected chi connectivity index (χ2v) is 6.77. The minimum atomic E-state index is -0.628. The number of carbonyl (C=O) groups excluding carboxylic acids is 1. The lowest BCUT2D eigenvalue weighted by molar-refractivity contribution is -0.125. The summed E-state index contributed by atoms with van der Waals surface area (Å²) < 4.78 is 11.0. The molecule has 0 saturated carbocycles. The van der Waals surface area contributed by atoms with Gasteiger partial charge in [-0.25, -0.2) is 0 Å². The Morgan fingerprint density at radius 2 is 1.93 bits per heavy atom. The zero-order valence-electron chi connectivity index (χ0n) is 15.7. The highest BCUT2D eigenvalue weighted by atomic mass is 16.5. The number of ether oxygens (including phenoxy) is 2. The monoisotopic (exact) mass is 364 g/mol. The molecule has 0 atom stereocenters. The Labute approximate surface area is 159 Å². The Morgan fingerprint density at radius 1 is 1.22 bits per heavy atom. The van der Waals surface area contributed by atoms with Gasteiger partial charge in [0.05, 0.1) is 17.6 Å². The van der Waals surface area contributed by atoms with E-state index in [-0.39, 0.29) is 5.91 Å². The fraction of sp³-hybridized carbons (Fsp3) is 0.364. The maximum Gasteiger partial charge on any atom is 0.235 e. The van der Waals surface area contributed by atoms with Crippen molar-refractivity contribution in [1.29, 1.82) is 5.26 Å². The average Bonchev–Trinajstić information content (AvgIpc) is 2.70. The molecule has 1 amide bonds. The van der Waals surface area contributed by atoms with Gasteiger partial charge < -0.3 is 14.8 Å². The number of benzene rings is 2. The molecular weight excluding hydrogens is 340 g/mol. The van der Waals surface area contributed by atoms with Crippen LogP contribution in [0.15, 0.2) is 42.5 Å². The topological polar surface area (TPSA) is 71.3 Å². The van der Waals surface area contributed by atoms with E-state index in [1.165, 1.54) is 0 Å². The molecule has 27 heavy (non-hydrogen) atoms. The second kappa shape index (κ2) is 8.24. The molecule has 2 aromatic rings. The fourth-order valence-corrected chi connectivity index (χ4v) is 3.47. The van der Waals surface area contributed by atoms with Crippen LogP contribution >= 0.6 is 0 Å². The Kier molecular flexibility index (Phi) is 5.78. The third-order valence-electron chi connectivity index (χ3n) is 5.04. The standard InChI is InChI=1S/C22H24N2O3/c1-3-27-20-9-8-19(14-17(20)15-23)24-21(25)22(10-12-26-13-11-22)18-6-4-16(2)5-7-18/h4-9,14H,3,10-13H2,1-2H3,(H,24,25). The average molecular weight is 364 g/mol. The number of nitriles is 1. The number of anilines is 1. The highest BCUT2D eigenvalue weighted by Crippen LogP contribution is 2.36. The van der Waals surface area contributed by atoms with Crippen molar-refractivity contribution in [3.8, 4) is 11.8 Å². The van der Waals surface area contributed by atoms with Gasteiger partial charge in [0.1, 0.15) is 11.8 Å². The molecule has 0 radical (unpaired) electrons. The van der Waals surface area contributed by atoms with Gasteiger partial charge in [-0.3, -0.25) is 4.79 Å². The molecular formula is C22H24N2O3. The number of nitrogens with zero attached hydrogens (tertiary/aromatic N) is 1. The van der Waals surface area contributed by atoms with Crippen molar-refractivity contribution >= 4 is 11.6 Å². The van der Waals surface area contributed by atoms with Crippen molar-refractivity contribution in [2.75, 3.05) is 25.1 Å². The van der Waals surface area contributed by atoms with Crippen molar-refractivity contribution in [2.24, 2.45) is 0 Å². The zero-order valence-corrected chi connectivity index (χ0v) is 15.7. The van der Waals surface area contributed by atoms with Crippen LogP contribution in [0.25, 0.3) is 0 Å². The van der Waals surface area contributed by atoms with Crippen LogP contribution < -0.4 is 10.1 Å². The number of amides is 1. The molecule has 0 aliphatic carbocycles. The van der Waals surface area contributed by atoms with Crippen LogP contribution in [-0.2, 0) is 14.9 Å². The maximum absolute atomic E-state index is 13.3. The van der Waals surface area contributed by atoms with Crippen LogP contribution in [0.1, 0.15) is 36.5 Å². The van der Waals surface area contributed by atoms with Gasteiger partial charge in [0, 0.05) is 18.9 Å². The van der Waals surface area contributed by atoms with Crippen molar-refractivity contribution in [2.45, 2.75) is 32.1 Å². The molecule has 1 heterocycles. The quantitative estimate of drug-likeness (QED) is 0.872. The van der Waals surface area contributed by atoms with E-state index < -0.39 is 5.41 Å². The summed E-state index contributed by atoms with van der Waals surface area (Å²) in [5.74, 6) is 0.458. The molecule has 1 saturated heterocycles. The predicted molar refractivity (Wildman–Crippen MR) is 104 cm³/mol. The van der Waals surface area contributed by atoms with E-state index in [1.54, 1.807) is 18.2 Å². The first kappa shape index (κ1) is 18.9. The largest absolute Gasteiger partial charge is 0.492 e. The van der Waals surface area contributed by atoms with Gasteiger partial charge in [0.25, 0.3) is 0 Å². The van der Waals surface area contributed by atoms with E-state index in [2.05, 4.69) is 11.4 Å². The van der Waals surface area contributed by atoms with Crippen molar-refractivity contribution < 1.29 is 14.3 Å². The molecule has 3 rings (SSSR count). The maximum atomic E-state index is 13.3. The molecule has 2 aromatic carbocycles. The van der Waals surface area contributed by atoms with Crippen LogP contribution in [-0.4, -0.2) is 25.7 Å². The smallest absolute Gasteiger partial charge is 0.235 e. The van der Waals surface area contributed by atoms with Crippen LogP contribution in [0, 0.1) is 18.3 Å². The van der Waals surface area contributed by atoms with Gasteiger partial charge in [0.2, 0.25) is 5.91 Å². The number of aryl methyl sites for hydroxylation is 1. The number of nitrogens with one attached hydrogen (secondary N) is 1. The van der Waals surface area contributed by atoms with E-state index in [1.807, 2.05) is 38.1 Å². The summed E-state index contributed by atoms with van der Waals surface area (Å²) in [4.78, 5) is 13.3. The van der Waals surface area contributed by atoms with E-state index >= 15 is 0 Å². The first-order valence-corrected chi connectivity index (χ1v) is 9.22. The van der Waals surface area contributed by atoms with Gasteiger partial charge in [0.15, 0.2) is 0 Å². The number of rotatable bonds is 5. The predicted octanol–water partition coefficient (Wildman–Crippen LogP) is 3.95. The van der Waals surface area contributed by atoms with E-state index in [0.717, 1.165) is 11.1 Å². The zero-order chi connectivity index (χ0) is 19.3. The lowest BCUT2D eigenvalue weighted by Gasteiger charge is -2.36. The van der Waals surface area contributed by atoms with Gasteiger partial charge in [-0.15, -0.1) is 0 Å². The lowest BCUT2D eigenvalue weighted by Crippen LogP contribution is -2.44. The number of hydrogen-bond acceptors (Lipinski definition) is 4. The summed E-state index contributed by atoms with van der Waals surface area (Å²) in [5, 5.41) is 12.4. The number of carbonyl (C=O) groups is 1. The molecule has 0 bridgehead atoms. The molecule has 5 heteroatoms. The van der Waals surface area contributed by atoms with Crippen LogP contribution in [0.3, 0.4) is 0 Å². The highest BCUT2D eigenvalue weighted by molar-refractivity contribution is 5.99. The van der Waals surface area contributed by atoms with Crippen molar-refractivity contribution in [1.82, 2.24) is 0 Å². The van der Waals surface area contributed by atoms with Crippen LogP contribution in [0.5, 0.6) is 5.75 Å². The number of hydrogen-bond donors (Lipinski definition) is 1. The van der Waals surface area contributed by atoms with E-state index in [4.69, 9.17) is 9.47 Å². The summed E-state index contributed by atoms with van der Waals surface area (Å²) in [5.41, 5.74) is 2.54. The molecule has 1 N–H and O–H groups in total. The minimum Gasteiger partial charge on any atom is -0.492 e. The van der Waals surface area contributed by atoms with Gasteiger partial charge in [-0.1, -0.05) is 29.8 Å². The molecule has 0 spiro atoms. The van der Waals surface area contributed by atoms with Gasteiger partial charge in [-0.2, -0.15) is 5.26 Å². The molecule has 1 aliphatic rings. The summed E-state index contributed by atoms with van der Waals surface area (Å²) >= 11 is 0. The van der Waals surface area contributed by atoms with Gasteiger partial charge >= 0.3 is 0 Å². The van der Waals surface area contributed by atoms with Crippen LogP contribution in [0.2, 0.25) is 0 Å². The third kappa shape index (κ3) is 3.96. The molecule has 0 unspecified atom stereocenters. The summed E-state index contributed by atoms with van der Waals surface area (Å²) in [6.07, 6.45) is 1.26. The molecule has 0 aromatic heterocycles. The first-order chi connectivity index (χ1) is 13.1. The van der Waals surface area contributed by atoms with E-state index in [9.17, 15) is 10.1 Å². The van der Waals surface area contributed by atoms with Gasteiger partial charge in [-0.05, 0) is 50.5 Å². The van der Waals surface area contributed by atoms with Crippen LogP contribution in [0.4, 0.5) is 5.69 Å². The highest BCUT2D eigenvalue weighted by Gasteiger charge is 2.41. The molecule has 1 aliphatic heterocycles. The molecule has 1 fully saturated rings. The molecule has 5 nitrogen and oxygen atoms in total. The summed E-state index contributed by atoms with van der Waals surface area (Å²) in [7, 11) is 0. The summed E-state index contributed by atoms with van der Waals surface area (Å²) in [6, 6.07) is 15.4. The fourth-order valence-electron chi connectivity index (χ4n) is 3.47. The van der Waals surface area contributed by atoms with Crippen molar-refractivity contribution in [3.05, 3.63) is 59.2 Å². The normalized spacial score (nSPS) is 15.6. The van der Waals surface area contributed by atoms with E-state index in [0.29, 0.717) is 49.7 Å². The second-order valence-electron chi connectivity index (χ2n) is 6.77. The summed E-state index contributed by atoms with van der Waals surface area (Å²) in [6.45, 7) is 5.48.